The van der Waals surface area contributed by atoms with Crippen molar-refractivity contribution in [3.05, 3.63) is 29.8 Å². The van der Waals surface area contributed by atoms with Crippen molar-refractivity contribution in [3.63, 3.8) is 0 Å². The third-order valence-electron chi connectivity index (χ3n) is 3.11. The van der Waals surface area contributed by atoms with Gasteiger partial charge in [-0.25, -0.2) is 4.79 Å². The molecule has 0 unspecified atom stereocenters. The summed E-state index contributed by atoms with van der Waals surface area (Å²) in [6.45, 7) is 0.571. The molecule has 1 heterocycles. The maximum absolute atomic E-state index is 12.3. The summed E-state index contributed by atoms with van der Waals surface area (Å²) in [5, 5.41) is 9.11. The van der Waals surface area contributed by atoms with E-state index in [2.05, 4.69) is 0 Å². The third kappa shape index (κ3) is 3.05. The SMILES string of the molecule is C[S@](=O)c1ccc(C(=O)N2CCOC[C@@H]2C(=O)O)cc1. The minimum Gasteiger partial charge on any atom is -0.480 e. The second kappa shape index (κ2) is 6.15. The summed E-state index contributed by atoms with van der Waals surface area (Å²) >= 11 is 0. The molecule has 6 nitrogen and oxygen atoms in total. The maximum atomic E-state index is 12.3. The minimum absolute atomic E-state index is 0.00185. The number of carbonyl (C=O) groups is 2. The van der Waals surface area contributed by atoms with Gasteiger partial charge in [0.15, 0.2) is 6.04 Å². The Kier molecular flexibility index (Phi) is 4.51. The third-order valence-corrected chi connectivity index (χ3v) is 4.04. The second-order valence-corrected chi connectivity index (χ2v) is 5.79. The largest absolute Gasteiger partial charge is 0.480 e. The molecule has 20 heavy (non-hydrogen) atoms. The van der Waals surface area contributed by atoms with Gasteiger partial charge in [-0.2, -0.15) is 0 Å². The van der Waals surface area contributed by atoms with Crippen LogP contribution in [0.1, 0.15) is 10.4 Å². The number of benzene rings is 1. The Morgan fingerprint density at radius 1 is 1.35 bits per heavy atom. The molecule has 0 radical (unpaired) electrons. The number of nitrogens with zero attached hydrogens (tertiary/aromatic N) is 1. The number of aliphatic carboxylic acids is 1. The second-order valence-electron chi connectivity index (χ2n) is 4.41. The number of carbonyl (C=O) groups excluding carboxylic acids is 1. The van der Waals surface area contributed by atoms with Crippen LogP contribution in [-0.4, -0.2) is 58.1 Å². The van der Waals surface area contributed by atoms with Crippen molar-refractivity contribution in [1.82, 2.24) is 4.90 Å². The molecule has 1 saturated heterocycles. The van der Waals surface area contributed by atoms with Gasteiger partial charge in [0.2, 0.25) is 0 Å². The molecule has 0 aromatic heterocycles. The highest BCUT2D eigenvalue weighted by Gasteiger charge is 2.33. The number of hydrogen-bond donors (Lipinski definition) is 1. The van der Waals surface area contributed by atoms with Crippen LogP contribution in [0.5, 0.6) is 0 Å². The van der Waals surface area contributed by atoms with Crippen molar-refractivity contribution < 1.29 is 23.6 Å². The molecular formula is C13H15NO5S. The lowest BCUT2D eigenvalue weighted by atomic mass is 10.1. The van der Waals surface area contributed by atoms with E-state index in [-0.39, 0.29) is 19.1 Å². The summed E-state index contributed by atoms with van der Waals surface area (Å²) in [5.74, 6) is -1.43. The monoisotopic (exact) mass is 297 g/mol. The lowest BCUT2D eigenvalue weighted by Gasteiger charge is -2.32. The molecule has 0 spiro atoms. The molecule has 1 aromatic rings. The first-order chi connectivity index (χ1) is 9.50. The summed E-state index contributed by atoms with van der Waals surface area (Å²) in [7, 11) is -1.11. The molecule has 1 aliphatic rings. The van der Waals surface area contributed by atoms with Gasteiger partial charge in [0, 0.05) is 34.1 Å². The molecule has 2 rings (SSSR count). The average molecular weight is 297 g/mol. The van der Waals surface area contributed by atoms with Gasteiger partial charge in [-0.1, -0.05) is 0 Å². The smallest absolute Gasteiger partial charge is 0.328 e. The molecule has 1 amide bonds. The number of hydrogen-bond acceptors (Lipinski definition) is 4. The zero-order valence-corrected chi connectivity index (χ0v) is 11.8. The molecule has 0 saturated carbocycles. The van der Waals surface area contributed by atoms with Gasteiger partial charge in [0.05, 0.1) is 13.2 Å². The van der Waals surface area contributed by atoms with Gasteiger partial charge in [0.25, 0.3) is 5.91 Å². The van der Waals surface area contributed by atoms with E-state index in [4.69, 9.17) is 9.84 Å². The van der Waals surface area contributed by atoms with E-state index in [1.54, 1.807) is 30.5 Å². The van der Waals surface area contributed by atoms with E-state index in [9.17, 15) is 13.8 Å². The fourth-order valence-electron chi connectivity index (χ4n) is 2.01. The van der Waals surface area contributed by atoms with Gasteiger partial charge in [-0.15, -0.1) is 0 Å². The van der Waals surface area contributed by atoms with Crippen LogP contribution in [0.2, 0.25) is 0 Å². The van der Waals surface area contributed by atoms with Crippen LogP contribution >= 0.6 is 0 Å². The molecule has 1 fully saturated rings. The van der Waals surface area contributed by atoms with Crippen molar-refractivity contribution in [2.75, 3.05) is 26.0 Å². The van der Waals surface area contributed by atoms with Crippen molar-refractivity contribution in [2.24, 2.45) is 0 Å². The van der Waals surface area contributed by atoms with Crippen LogP contribution in [0.4, 0.5) is 0 Å². The molecular weight excluding hydrogens is 282 g/mol. The summed E-state index contributed by atoms with van der Waals surface area (Å²) in [4.78, 5) is 25.4. The van der Waals surface area contributed by atoms with Gasteiger partial charge >= 0.3 is 5.97 Å². The number of morpholine rings is 1. The molecule has 1 N–H and O–H groups in total. The zero-order valence-electron chi connectivity index (χ0n) is 10.9. The lowest BCUT2D eigenvalue weighted by molar-refractivity contribution is -0.147. The number of ether oxygens (including phenoxy) is 1. The highest BCUT2D eigenvalue weighted by atomic mass is 32.2. The van der Waals surface area contributed by atoms with Crippen LogP contribution in [0.15, 0.2) is 29.2 Å². The van der Waals surface area contributed by atoms with Crippen molar-refractivity contribution in [2.45, 2.75) is 10.9 Å². The first-order valence-corrected chi connectivity index (χ1v) is 7.61. The standard InChI is InChI=1S/C13H15NO5S/c1-20(18)10-4-2-9(3-5-10)12(15)14-6-7-19-8-11(14)13(16)17/h2-5,11H,6-8H2,1H3,(H,16,17)/t11-,20+/m1/s1. The van der Waals surface area contributed by atoms with Crippen LogP contribution in [-0.2, 0) is 20.3 Å². The first-order valence-electron chi connectivity index (χ1n) is 6.05. The van der Waals surface area contributed by atoms with E-state index in [1.165, 1.54) is 4.90 Å². The summed E-state index contributed by atoms with van der Waals surface area (Å²) < 4.78 is 16.4. The highest BCUT2D eigenvalue weighted by Crippen LogP contribution is 2.14. The van der Waals surface area contributed by atoms with E-state index in [1.807, 2.05) is 0 Å². The Hall–Kier alpha value is -1.73. The van der Waals surface area contributed by atoms with Crippen molar-refractivity contribution in [3.8, 4) is 0 Å². The fraction of sp³-hybridized carbons (Fsp3) is 0.385. The molecule has 7 heteroatoms. The molecule has 1 aliphatic heterocycles. The van der Waals surface area contributed by atoms with E-state index < -0.39 is 22.8 Å². The lowest BCUT2D eigenvalue weighted by Crippen LogP contribution is -2.52. The fourth-order valence-corrected chi connectivity index (χ4v) is 2.53. The zero-order chi connectivity index (χ0) is 14.7. The van der Waals surface area contributed by atoms with E-state index >= 15 is 0 Å². The van der Waals surface area contributed by atoms with Crippen molar-refractivity contribution in [1.29, 1.82) is 0 Å². The minimum atomic E-state index is -1.11. The predicted octanol–water partition coefficient (Wildman–Crippen LogP) is 0.350. The Morgan fingerprint density at radius 2 is 2.00 bits per heavy atom. The van der Waals surface area contributed by atoms with Crippen LogP contribution in [0.25, 0.3) is 0 Å². The topological polar surface area (TPSA) is 83.9 Å². The van der Waals surface area contributed by atoms with Gasteiger partial charge in [-0.3, -0.25) is 9.00 Å². The van der Waals surface area contributed by atoms with Crippen molar-refractivity contribution >= 4 is 22.7 Å². The van der Waals surface area contributed by atoms with E-state index in [0.717, 1.165) is 0 Å². The predicted molar refractivity (Wildman–Crippen MR) is 72.1 cm³/mol. The maximum Gasteiger partial charge on any atom is 0.328 e. The normalized spacial score (nSPS) is 20.4. The number of amides is 1. The van der Waals surface area contributed by atoms with Crippen LogP contribution < -0.4 is 0 Å². The molecule has 0 bridgehead atoms. The quantitative estimate of drug-likeness (QED) is 0.870. The molecule has 2 atom stereocenters. The summed E-state index contributed by atoms with van der Waals surface area (Å²) in [6.07, 6.45) is 1.55. The number of carboxylic acid groups (broad SMARTS) is 1. The Bertz CT molecular complexity index is 542. The summed E-state index contributed by atoms with van der Waals surface area (Å²) in [6, 6.07) is 5.39. The highest BCUT2D eigenvalue weighted by molar-refractivity contribution is 7.84. The number of carboxylic acids is 1. The first kappa shape index (κ1) is 14.7. The van der Waals surface area contributed by atoms with Gasteiger partial charge in [-0.05, 0) is 24.3 Å². The van der Waals surface area contributed by atoms with Crippen LogP contribution in [0, 0.1) is 0 Å². The Labute approximate surface area is 118 Å². The Morgan fingerprint density at radius 3 is 2.55 bits per heavy atom. The molecule has 108 valence electrons. The molecule has 0 aliphatic carbocycles. The Balaban J connectivity index is 2.20. The summed E-state index contributed by atoms with van der Waals surface area (Å²) in [5.41, 5.74) is 0.382. The van der Waals surface area contributed by atoms with E-state index in [0.29, 0.717) is 17.1 Å². The van der Waals surface area contributed by atoms with Gasteiger partial charge in [0.1, 0.15) is 0 Å². The average Bonchev–Trinajstić information content (AvgIpc) is 2.46. The molecule has 1 aromatic carbocycles. The number of rotatable bonds is 3. The van der Waals surface area contributed by atoms with Gasteiger partial charge < -0.3 is 14.7 Å². The van der Waals surface area contributed by atoms with Crippen LogP contribution in [0.3, 0.4) is 0 Å².